The van der Waals surface area contributed by atoms with Crippen molar-refractivity contribution in [2.75, 3.05) is 11.1 Å². The number of aromatic nitrogens is 1. The first-order valence-electron chi connectivity index (χ1n) is 6.85. The van der Waals surface area contributed by atoms with Crippen molar-refractivity contribution in [3.8, 4) is 5.88 Å². The maximum atomic E-state index is 5.86. The molecule has 0 aliphatic heterocycles. The van der Waals surface area contributed by atoms with Gasteiger partial charge in [-0.15, -0.1) is 0 Å². The van der Waals surface area contributed by atoms with Crippen LogP contribution in [0.2, 0.25) is 0 Å². The number of nitrogen functional groups attached to an aromatic ring is 1. The van der Waals surface area contributed by atoms with Crippen molar-refractivity contribution in [1.82, 2.24) is 4.98 Å². The van der Waals surface area contributed by atoms with E-state index in [9.17, 15) is 0 Å². The highest BCUT2D eigenvalue weighted by molar-refractivity contribution is 5.53. The number of nitrogens with two attached hydrogens (primary N) is 1. The normalized spacial score (nSPS) is 16.8. The molecule has 4 heteroatoms. The molecule has 3 N–H and O–H groups in total. The van der Waals surface area contributed by atoms with Crippen molar-refractivity contribution in [2.45, 2.75) is 58.1 Å². The Kier molecular flexibility index (Phi) is 4.28. The molecule has 1 aromatic rings. The first-order valence-corrected chi connectivity index (χ1v) is 6.85. The molecular weight excluding hydrogens is 226 g/mol. The van der Waals surface area contributed by atoms with E-state index in [2.05, 4.69) is 10.3 Å². The van der Waals surface area contributed by atoms with Crippen LogP contribution in [0.1, 0.15) is 46.0 Å². The van der Waals surface area contributed by atoms with E-state index in [0.717, 1.165) is 5.82 Å². The minimum absolute atomic E-state index is 0.0877. The molecule has 4 nitrogen and oxygen atoms in total. The Balaban J connectivity index is 2.03. The zero-order valence-electron chi connectivity index (χ0n) is 11.3. The van der Waals surface area contributed by atoms with Crippen LogP contribution in [0, 0.1) is 0 Å². The van der Waals surface area contributed by atoms with Crippen LogP contribution in [-0.2, 0) is 0 Å². The van der Waals surface area contributed by atoms with Gasteiger partial charge in [-0.1, -0.05) is 19.3 Å². The van der Waals surface area contributed by atoms with Gasteiger partial charge in [-0.3, -0.25) is 0 Å². The van der Waals surface area contributed by atoms with E-state index in [1.807, 2.05) is 26.0 Å². The first kappa shape index (κ1) is 13.0. The lowest BCUT2D eigenvalue weighted by molar-refractivity contribution is 0.234. The quantitative estimate of drug-likeness (QED) is 0.860. The van der Waals surface area contributed by atoms with Crippen molar-refractivity contribution in [3.05, 3.63) is 12.1 Å². The summed E-state index contributed by atoms with van der Waals surface area (Å²) in [5.74, 6) is 1.40. The molecule has 0 unspecified atom stereocenters. The molecule has 2 rings (SSSR count). The number of nitrogens with zero attached hydrogens (tertiary/aromatic N) is 1. The summed E-state index contributed by atoms with van der Waals surface area (Å²) in [4.78, 5) is 4.45. The summed E-state index contributed by atoms with van der Waals surface area (Å²) in [6, 6.07) is 4.33. The molecule has 100 valence electrons. The van der Waals surface area contributed by atoms with Gasteiger partial charge in [0.2, 0.25) is 5.88 Å². The topological polar surface area (TPSA) is 60.2 Å². The molecule has 1 aliphatic rings. The number of hydrogen-bond donors (Lipinski definition) is 2. The largest absolute Gasteiger partial charge is 0.473 e. The molecule has 1 aliphatic carbocycles. The average Bonchev–Trinajstić information content (AvgIpc) is 2.34. The van der Waals surface area contributed by atoms with Gasteiger partial charge in [0, 0.05) is 6.04 Å². The second-order valence-electron chi connectivity index (χ2n) is 5.24. The van der Waals surface area contributed by atoms with Crippen LogP contribution in [0.5, 0.6) is 5.88 Å². The van der Waals surface area contributed by atoms with Crippen LogP contribution in [0.4, 0.5) is 11.5 Å². The van der Waals surface area contributed by atoms with Crippen LogP contribution in [0.3, 0.4) is 0 Å². The standard InChI is InChI=1S/C14H23N3O/c1-10(2)18-14-12(15)8-9-13(17-14)16-11-6-4-3-5-7-11/h8-11H,3-7,15H2,1-2H3,(H,16,17). The molecule has 1 heterocycles. The smallest absolute Gasteiger partial charge is 0.239 e. The number of nitrogens with one attached hydrogen (secondary N) is 1. The van der Waals surface area contributed by atoms with Gasteiger partial charge in [0.25, 0.3) is 0 Å². The van der Waals surface area contributed by atoms with E-state index in [1.165, 1.54) is 32.1 Å². The molecule has 18 heavy (non-hydrogen) atoms. The molecule has 0 bridgehead atoms. The van der Waals surface area contributed by atoms with Crippen molar-refractivity contribution in [2.24, 2.45) is 0 Å². The minimum Gasteiger partial charge on any atom is -0.473 e. The summed E-state index contributed by atoms with van der Waals surface area (Å²) >= 11 is 0. The van der Waals surface area contributed by atoms with E-state index < -0.39 is 0 Å². The van der Waals surface area contributed by atoms with Gasteiger partial charge in [0.1, 0.15) is 5.82 Å². The van der Waals surface area contributed by atoms with Crippen molar-refractivity contribution < 1.29 is 4.74 Å². The third-order valence-corrected chi connectivity index (χ3v) is 3.19. The average molecular weight is 249 g/mol. The molecular formula is C14H23N3O. The molecule has 0 saturated heterocycles. The first-order chi connectivity index (χ1) is 8.65. The number of rotatable bonds is 4. The highest BCUT2D eigenvalue weighted by atomic mass is 16.5. The van der Waals surface area contributed by atoms with Crippen LogP contribution in [-0.4, -0.2) is 17.1 Å². The number of ether oxygens (including phenoxy) is 1. The SMILES string of the molecule is CC(C)Oc1nc(NC2CCCCC2)ccc1N. The third kappa shape index (κ3) is 3.52. The van der Waals surface area contributed by atoms with E-state index in [-0.39, 0.29) is 6.10 Å². The van der Waals surface area contributed by atoms with Gasteiger partial charge in [-0.25, -0.2) is 0 Å². The van der Waals surface area contributed by atoms with Crippen molar-refractivity contribution >= 4 is 11.5 Å². The molecule has 0 radical (unpaired) electrons. The van der Waals surface area contributed by atoms with Gasteiger partial charge < -0.3 is 15.8 Å². The zero-order valence-corrected chi connectivity index (χ0v) is 11.3. The fourth-order valence-corrected chi connectivity index (χ4v) is 2.31. The Hall–Kier alpha value is -1.45. The van der Waals surface area contributed by atoms with Crippen LogP contribution >= 0.6 is 0 Å². The maximum Gasteiger partial charge on any atom is 0.239 e. The van der Waals surface area contributed by atoms with Crippen LogP contribution < -0.4 is 15.8 Å². The fraction of sp³-hybridized carbons (Fsp3) is 0.643. The summed E-state index contributed by atoms with van der Waals surface area (Å²) in [7, 11) is 0. The molecule has 1 aromatic heterocycles. The molecule has 1 fully saturated rings. The van der Waals surface area contributed by atoms with Gasteiger partial charge in [0.05, 0.1) is 11.8 Å². The predicted molar refractivity (Wildman–Crippen MR) is 74.9 cm³/mol. The predicted octanol–water partition coefficient (Wildman–Crippen LogP) is 3.20. The summed E-state index contributed by atoms with van der Waals surface area (Å²) in [5.41, 5.74) is 6.45. The van der Waals surface area contributed by atoms with E-state index in [1.54, 1.807) is 0 Å². The minimum atomic E-state index is 0.0877. The fourth-order valence-electron chi connectivity index (χ4n) is 2.31. The van der Waals surface area contributed by atoms with Gasteiger partial charge in [-0.05, 0) is 38.8 Å². The van der Waals surface area contributed by atoms with Gasteiger partial charge in [0.15, 0.2) is 0 Å². The van der Waals surface area contributed by atoms with E-state index >= 15 is 0 Å². The highest BCUT2D eigenvalue weighted by Crippen LogP contribution is 2.25. The van der Waals surface area contributed by atoms with E-state index in [0.29, 0.717) is 17.6 Å². The highest BCUT2D eigenvalue weighted by Gasteiger charge is 2.14. The Morgan fingerprint density at radius 2 is 2.00 bits per heavy atom. The summed E-state index contributed by atoms with van der Waals surface area (Å²) < 4.78 is 5.60. The number of hydrogen-bond acceptors (Lipinski definition) is 4. The lowest BCUT2D eigenvalue weighted by Crippen LogP contribution is -2.23. The maximum absolute atomic E-state index is 5.86. The number of pyridine rings is 1. The summed E-state index contributed by atoms with van der Waals surface area (Å²) in [6.07, 6.45) is 6.52. The lowest BCUT2D eigenvalue weighted by atomic mass is 9.95. The van der Waals surface area contributed by atoms with Crippen molar-refractivity contribution in [3.63, 3.8) is 0 Å². The zero-order chi connectivity index (χ0) is 13.0. The Morgan fingerprint density at radius 1 is 1.28 bits per heavy atom. The number of anilines is 2. The van der Waals surface area contributed by atoms with Gasteiger partial charge >= 0.3 is 0 Å². The van der Waals surface area contributed by atoms with Crippen molar-refractivity contribution in [1.29, 1.82) is 0 Å². The van der Waals surface area contributed by atoms with Crippen LogP contribution in [0.15, 0.2) is 12.1 Å². The van der Waals surface area contributed by atoms with Gasteiger partial charge in [-0.2, -0.15) is 4.98 Å². The molecule has 0 spiro atoms. The Labute approximate surface area is 109 Å². The van der Waals surface area contributed by atoms with Crippen LogP contribution in [0.25, 0.3) is 0 Å². The summed E-state index contributed by atoms with van der Waals surface area (Å²) in [5, 5.41) is 3.48. The Bertz CT molecular complexity index is 387. The lowest BCUT2D eigenvalue weighted by Gasteiger charge is -2.23. The molecule has 0 aromatic carbocycles. The Morgan fingerprint density at radius 3 is 2.67 bits per heavy atom. The second-order valence-corrected chi connectivity index (χ2v) is 5.24. The molecule has 0 atom stereocenters. The van der Waals surface area contributed by atoms with E-state index in [4.69, 9.17) is 10.5 Å². The second kappa shape index (κ2) is 5.94. The summed E-state index contributed by atoms with van der Waals surface area (Å²) in [6.45, 7) is 3.95. The monoisotopic (exact) mass is 249 g/mol. The molecule has 1 saturated carbocycles. The molecule has 0 amide bonds. The third-order valence-electron chi connectivity index (χ3n) is 3.19.